The van der Waals surface area contributed by atoms with Gasteiger partial charge in [0.1, 0.15) is 0 Å². The molecule has 0 aliphatic rings. The predicted molar refractivity (Wildman–Crippen MR) is 117 cm³/mol. The van der Waals surface area contributed by atoms with Crippen molar-refractivity contribution >= 4 is 0 Å². The Morgan fingerprint density at radius 1 is 0.440 bits per heavy atom. The smallest absolute Gasteiger partial charge is 0.00952 e. The third-order valence-corrected chi connectivity index (χ3v) is 5.65. The molecule has 0 bridgehead atoms. The number of rotatable bonds is 20. The van der Waals surface area contributed by atoms with E-state index in [1.165, 1.54) is 122 Å². The zero-order valence-corrected chi connectivity index (χ0v) is 18.5. The van der Waals surface area contributed by atoms with Gasteiger partial charge in [0.2, 0.25) is 0 Å². The minimum atomic E-state index is 0.867. The van der Waals surface area contributed by atoms with Crippen LogP contribution >= 0.6 is 0 Å². The molecule has 0 saturated carbocycles. The van der Waals surface area contributed by atoms with Crippen molar-refractivity contribution < 1.29 is 0 Å². The quantitative estimate of drug-likeness (QED) is 0.199. The van der Waals surface area contributed by atoms with Gasteiger partial charge in [-0.25, -0.2) is 0 Å². The van der Waals surface area contributed by atoms with Crippen LogP contribution < -0.4 is 0 Å². The van der Waals surface area contributed by atoms with E-state index in [9.17, 15) is 0 Å². The topological polar surface area (TPSA) is 3.24 Å². The highest BCUT2D eigenvalue weighted by molar-refractivity contribution is 4.73. The van der Waals surface area contributed by atoms with Crippen molar-refractivity contribution in [2.24, 2.45) is 0 Å². The van der Waals surface area contributed by atoms with E-state index in [0.29, 0.717) is 0 Å². The molecule has 25 heavy (non-hydrogen) atoms. The minimum Gasteiger partial charge on any atom is -0.300 e. The minimum absolute atomic E-state index is 0.867. The molecule has 1 unspecified atom stereocenters. The molecule has 0 aromatic rings. The fourth-order valence-electron chi connectivity index (χ4n) is 3.88. The van der Waals surface area contributed by atoms with Crippen LogP contribution in [0.15, 0.2) is 0 Å². The maximum atomic E-state index is 2.89. The molecule has 0 N–H and O–H groups in total. The number of hydrogen-bond acceptors (Lipinski definition) is 1. The molecule has 0 aromatic carbocycles. The predicted octanol–water partition coefficient (Wildman–Crippen LogP) is 8.37. The lowest BCUT2D eigenvalue weighted by Gasteiger charge is -2.32. The first-order chi connectivity index (χ1) is 12.3. The van der Waals surface area contributed by atoms with Crippen molar-refractivity contribution in [1.82, 2.24) is 4.90 Å². The van der Waals surface area contributed by atoms with Gasteiger partial charge >= 0.3 is 0 Å². The first-order valence-corrected chi connectivity index (χ1v) is 12.0. The molecule has 0 rings (SSSR count). The summed E-state index contributed by atoms with van der Waals surface area (Å²) in [5.74, 6) is 0. The Morgan fingerprint density at radius 2 is 0.840 bits per heavy atom. The van der Waals surface area contributed by atoms with E-state index in [1.54, 1.807) is 0 Å². The van der Waals surface area contributed by atoms with Crippen LogP contribution in [0.5, 0.6) is 0 Å². The van der Waals surface area contributed by atoms with E-state index in [-0.39, 0.29) is 0 Å². The molecule has 0 radical (unpaired) electrons. The van der Waals surface area contributed by atoms with Crippen molar-refractivity contribution in [3.05, 3.63) is 0 Å². The van der Waals surface area contributed by atoms with E-state index in [2.05, 4.69) is 32.6 Å². The summed E-state index contributed by atoms with van der Waals surface area (Å²) in [6.07, 6.45) is 24.1. The Balaban J connectivity index is 4.36. The van der Waals surface area contributed by atoms with Gasteiger partial charge in [-0.15, -0.1) is 0 Å². The molecule has 1 atom stereocenters. The first-order valence-electron chi connectivity index (χ1n) is 12.0. The van der Waals surface area contributed by atoms with Crippen LogP contribution in [-0.4, -0.2) is 24.0 Å². The fraction of sp³-hybridized carbons (Fsp3) is 1.00. The van der Waals surface area contributed by atoms with Crippen molar-refractivity contribution in [3.8, 4) is 0 Å². The van der Waals surface area contributed by atoms with E-state index >= 15 is 0 Å². The molecule has 1 heteroatoms. The fourth-order valence-corrected chi connectivity index (χ4v) is 3.88. The van der Waals surface area contributed by atoms with Crippen molar-refractivity contribution in [2.75, 3.05) is 13.1 Å². The number of hydrogen-bond donors (Lipinski definition) is 0. The Kier molecular flexibility index (Phi) is 20.2. The summed E-state index contributed by atoms with van der Waals surface area (Å²) in [6.45, 7) is 12.0. The van der Waals surface area contributed by atoms with Crippen molar-refractivity contribution in [3.63, 3.8) is 0 Å². The summed E-state index contributed by atoms with van der Waals surface area (Å²) in [4.78, 5) is 2.89. The third kappa shape index (κ3) is 15.9. The molecule has 0 amide bonds. The van der Waals surface area contributed by atoms with Crippen LogP contribution in [0.1, 0.15) is 137 Å². The van der Waals surface area contributed by atoms with Gasteiger partial charge in [-0.1, -0.05) is 111 Å². The average molecular weight is 354 g/mol. The lowest BCUT2D eigenvalue weighted by atomic mass is 9.98. The van der Waals surface area contributed by atoms with Crippen LogP contribution in [0.25, 0.3) is 0 Å². The third-order valence-electron chi connectivity index (χ3n) is 5.65. The lowest BCUT2D eigenvalue weighted by molar-refractivity contribution is 0.164. The van der Waals surface area contributed by atoms with Crippen LogP contribution in [-0.2, 0) is 0 Å². The van der Waals surface area contributed by atoms with Crippen molar-refractivity contribution in [2.45, 2.75) is 143 Å². The molecular formula is C24H51N. The van der Waals surface area contributed by atoms with Gasteiger partial charge in [-0.05, 0) is 38.8 Å². The Morgan fingerprint density at radius 3 is 1.44 bits per heavy atom. The monoisotopic (exact) mass is 353 g/mol. The highest BCUT2D eigenvalue weighted by Gasteiger charge is 2.17. The summed E-state index contributed by atoms with van der Waals surface area (Å²) in [6, 6.07) is 0.867. The van der Waals surface area contributed by atoms with E-state index in [4.69, 9.17) is 0 Å². The SMILES string of the molecule is CCCCCCCCC(CCCCC)N(CCCC)CCCCCC. The zero-order valence-electron chi connectivity index (χ0n) is 18.5. The Labute approximate surface area is 161 Å². The van der Waals surface area contributed by atoms with Crippen LogP contribution in [0.4, 0.5) is 0 Å². The normalized spacial score (nSPS) is 12.8. The molecule has 0 aliphatic heterocycles. The molecular weight excluding hydrogens is 302 g/mol. The molecule has 0 fully saturated rings. The second kappa shape index (κ2) is 20.3. The lowest BCUT2D eigenvalue weighted by Crippen LogP contribution is -2.37. The second-order valence-corrected chi connectivity index (χ2v) is 8.16. The van der Waals surface area contributed by atoms with Crippen LogP contribution in [0.2, 0.25) is 0 Å². The van der Waals surface area contributed by atoms with Gasteiger partial charge in [0.15, 0.2) is 0 Å². The molecule has 0 saturated heterocycles. The molecule has 0 heterocycles. The molecule has 0 aromatic heterocycles. The van der Waals surface area contributed by atoms with Crippen LogP contribution in [0, 0.1) is 0 Å². The second-order valence-electron chi connectivity index (χ2n) is 8.16. The number of unbranched alkanes of at least 4 members (excludes halogenated alkanes) is 11. The largest absolute Gasteiger partial charge is 0.300 e. The summed E-state index contributed by atoms with van der Waals surface area (Å²) in [5.41, 5.74) is 0. The van der Waals surface area contributed by atoms with E-state index in [0.717, 1.165) is 6.04 Å². The zero-order chi connectivity index (χ0) is 18.6. The number of nitrogens with zero attached hydrogens (tertiary/aromatic N) is 1. The molecule has 0 spiro atoms. The molecule has 0 aliphatic carbocycles. The van der Waals surface area contributed by atoms with Gasteiger partial charge in [-0.3, -0.25) is 0 Å². The average Bonchev–Trinajstić information content (AvgIpc) is 2.63. The Hall–Kier alpha value is -0.0400. The Bertz CT molecular complexity index is 238. The highest BCUT2D eigenvalue weighted by Crippen LogP contribution is 2.19. The maximum absolute atomic E-state index is 2.89. The van der Waals surface area contributed by atoms with Gasteiger partial charge < -0.3 is 4.90 Å². The first kappa shape index (κ1) is 25.0. The summed E-state index contributed by atoms with van der Waals surface area (Å²) in [7, 11) is 0. The van der Waals surface area contributed by atoms with Gasteiger partial charge in [0, 0.05) is 6.04 Å². The standard InChI is InChI=1S/C24H51N/c1-5-9-13-15-16-18-21-24(20-17-11-7-3)25(22-12-8-4)23-19-14-10-6-2/h24H,5-23H2,1-4H3. The highest BCUT2D eigenvalue weighted by atomic mass is 15.1. The van der Waals surface area contributed by atoms with E-state index < -0.39 is 0 Å². The molecule has 1 nitrogen and oxygen atoms in total. The van der Waals surface area contributed by atoms with E-state index in [1.807, 2.05) is 0 Å². The summed E-state index contributed by atoms with van der Waals surface area (Å²) >= 11 is 0. The molecule has 152 valence electrons. The summed E-state index contributed by atoms with van der Waals surface area (Å²) in [5, 5.41) is 0. The summed E-state index contributed by atoms with van der Waals surface area (Å²) < 4.78 is 0. The van der Waals surface area contributed by atoms with Crippen LogP contribution in [0.3, 0.4) is 0 Å². The van der Waals surface area contributed by atoms with Gasteiger partial charge in [0.05, 0.1) is 0 Å². The maximum Gasteiger partial charge on any atom is 0.00952 e. The van der Waals surface area contributed by atoms with Gasteiger partial charge in [-0.2, -0.15) is 0 Å². The van der Waals surface area contributed by atoms with Gasteiger partial charge in [0.25, 0.3) is 0 Å². The van der Waals surface area contributed by atoms with Crippen molar-refractivity contribution in [1.29, 1.82) is 0 Å².